The van der Waals surface area contributed by atoms with Gasteiger partial charge in [0.25, 0.3) is 0 Å². The van der Waals surface area contributed by atoms with Gasteiger partial charge in [-0.2, -0.15) is 0 Å². The second-order valence-electron chi connectivity index (χ2n) is 10.4. The topological polar surface area (TPSA) is 89.8 Å². The minimum absolute atomic E-state index is 0.350. The van der Waals surface area contributed by atoms with Gasteiger partial charge >= 0.3 is 5.97 Å². The monoisotopic (exact) mass is 522 g/mol. The predicted molar refractivity (Wildman–Crippen MR) is 144 cm³/mol. The molecule has 1 spiro atoms. The summed E-state index contributed by atoms with van der Waals surface area (Å²) in [6.07, 6.45) is 3.72. The van der Waals surface area contributed by atoms with Gasteiger partial charge in [0.2, 0.25) is 0 Å². The van der Waals surface area contributed by atoms with Gasteiger partial charge < -0.3 is 24.1 Å². The number of aliphatic carboxylic acids is 1. The van der Waals surface area contributed by atoms with E-state index in [1.165, 1.54) is 5.56 Å². The first-order valence-corrected chi connectivity index (χ1v) is 13.3. The Hall–Kier alpha value is -2.94. The van der Waals surface area contributed by atoms with Gasteiger partial charge in [0, 0.05) is 33.4 Å². The first-order valence-electron chi connectivity index (χ1n) is 13.3. The molecule has 5 unspecified atom stereocenters. The normalized spacial score (nSPS) is 30.5. The van der Waals surface area contributed by atoms with Crippen molar-refractivity contribution < 1.29 is 28.8 Å². The predicted octanol–water partition coefficient (Wildman–Crippen LogP) is 4.04. The summed E-state index contributed by atoms with van der Waals surface area (Å²) in [5, 5.41) is 10.4. The standard InChI is InChI=1S/C30H38N2O6/c1-6-32-16-13-20-17-24(35-2)25(36-3)18-22(20)26(32)30(38-5)27(37-4)21(28(33)34)11-14-29(30)23-10-8-7-9-19(23)12-15-31-29/h7-10,15,17-18,21,26-27H,6,11-14,16H2,1-5H3,(H,33,34). The van der Waals surface area contributed by atoms with E-state index in [9.17, 15) is 9.90 Å². The lowest BCUT2D eigenvalue weighted by Gasteiger charge is -2.62. The summed E-state index contributed by atoms with van der Waals surface area (Å²) < 4.78 is 24.3. The third kappa shape index (κ3) is 3.68. The summed E-state index contributed by atoms with van der Waals surface area (Å²) in [4.78, 5) is 20.3. The number of ether oxygens (including phenoxy) is 4. The van der Waals surface area contributed by atoms with Crippen LogP contribution in [-0.4, -0.2) is 75.4 Å². The van der Waals surface area contributed by atoms with E-state index in [2.05, 4.69) is 24.0 Å². The lowest BCUT2D eigenvalue weighted by Crippen LogP contribution is -2.72. The van der Waals surface area contributed by atoms with Crippen LogP contribution in [0.25, 0.3) is 0 Å². The minimum Gasteiger partial charge on any atom is -0.493 e. The molecule has 2 heterocycles. The van der Waals surface area contributed by atoms with Crippen LogP contribution in [0.15, 0.2) is 41.4 Å². The number of fused-ring (bicyclic) bond motifs is 3. The number of carbonyl (C=O) groups is 1. The highest BCUT2D eigenvalue weighted by atomic mass is 16.5. The fourth-order valence-electron chi connectivity index (χ4n) is 7.44. The Morgan fingerprint density at radius 1 is 1.11 bits per heavy atom. The number of benzene rings is 2. The molecule has 204 valence electrons. The molecule has 38 heavy (non-hydrogen) atoms. The van der Waals surface area contributed by atoms with Gasteiger partial charge in [-0.05, 0) is 60.2 Å². The summed E-state index contributed by atoms with van der Waals surface area (Å²) in [6.45, 7) is 3.66. The first kappa shape index (κ1) is 26.7. The number of carboxylic acids is 1. The second-order valence-corrected chi connectivity index (χ2v) is 10.4. The quantitative estimate of drug-likeness (QED) is 0.587. The van der Waals surface area contributed by atoms with Gasteiger partial charge in [0.05, 0.1) is 26.2 Å². The zero-order valence-electron chi connectivity index (χ0n) is 22.9. The van der Waals surface area contributed by atoms with Crippen molar-refractivity contribution >= 4 is 12.2 Å². The molecule has 8 nitrogen and oxygen atoms in total. The Bertz CT molecular complexity index is 1230. The summed E-state index contributed by atoms with van der Waals surface area (Å²) >= 11 is 0. The van der Waals surface area contributed by atoms with Crippen LogP contribution in [0, 0.1) is 5.92 Å². The number of carboxylic acid groups (broad SMARTS) is 1. The molecule has 5 rings (SSSR count). The van der Waals surface area contributed by atoms with Gasteiger partial charge in [-0.15, -0.1) is 0 Å². The fraction of sp³-hybridized carbons (Fsp3) is 0.533. The van der Waals surface area contributed by atoms with Gasteiger partial charge in [0.1, 0.15) is 17.2 Å². The maximum Gasteiger partial charge on any atom is 0.309 e. The van der Waals surface area contributed by atoms with E-state index in [1.807, 2.05) is 30.5 Å². The second kappa shape index (κ2) is 10.3. The Labute approximate surface area is 224 Å². The molecule has 2 aromatic rings. The smallest absolute Gasteiger partial charge is 0.309 e. The van der Waals surface area contributed by atoms with Crippen LogP contribution >= 0.6 is 0 Å². The third-order valence-electron chi connectivity index (χ3n) is 9.03. The Kier molecular flexibility index (Phi) is 7.24. The number of methoxy groups -OCH3 is 4. The van der Waals surface area contributed by atoms with Crippen molar-refractivity contribution in [2.45, 2.75) is 55.9 Å². The van der Waals surface area contributed by atoms with Crippen LogP contribution in [0.2, 0.25) is 0 Å². The van der Waals surface area contributed by atoms with Crippen molar-refractivity contribution in [3.05, 3.63) is 58.7 Å². The highest BCUT2D eigenvalue weighted by Crippen LogP contribution is 2.61. The van der Waals surface area contributed by atoms with Crippen molar-refractivity contribution in [3.8, 4) is 11.5 Å². The minimum atomic E-state index is -1.15. The molecule has 1 aliphatic carbocycles. The summed E-state index contributed by atoms with van der Waals surface area (Å²) in [6, 6.07) is 12.1. The largest absolute Gasteiger partial charge is 0.493 e. The molecule has 2 aromatic carbocycles. The van der Waals surface area contributed by atoms with Crippen LogP contribution < -0.4 is 9.47 Å². The molecule has 2 aliphatic heterocycles. The summed E-state index contributed by atoms with van der Waals surface area (Å²) in [5.41, 5.74) is 2.43. The molecular weight excluding hydrogens is 484 g/mol. The number of hydrogen-bond acceptors (Lipinski definition) is 7. The van der Waals surface area contributed by atoms with Gasteiger partial charge in [0.15, 0.2) is 11.5 Å². The van der Waals surface area contributed by atoms with Crippen LogP contribution in [0.1, 0.15) is 48.1 Å². The van der Waals surface area contributed by atoms with Crippen molar-refractivity contribution in [1.29, 1.82) is 0 Å². The van der Waals surface area contributed by atoms with E-state index < -0.39 is 29.1 Å². The fourth-order valence-corrected chi connectivity index (χ4v) is 7.44. The lowest BCUT2D eigenvalue weighted by molar-refractivity contribution is -0.237. The van der Waals surface area contributed by atoms with Crippen molar-refractivity contribution in [2.75, 3.05) is 41.5 Å². The van der Waals surface area contributed by atoms with Gasteiger partial charge in [-0.1, -0.05) is 31.2 Å². The van der Waals surface area contributed by atoms with E-state index >= 15 is 0 Å². The molecule has 1 saturated carbocycles. The van der Waals surface area contributed by atoms with Crippen molar-refractivity contribution in [3.63, 3.8) is 0 Å². The van der Waals surface area contributed by atoms with Crippen molar-refractivity contribution in [2.24, 2.45) is 10.9 Å². The number of rotatable bonds is 7. The van der Waals surface area contributed by atoms with Crippen molar-refractivity contribution in [1.82, 2.24) is 4.90 Å². The van der Waals surface area contributed by atoms with Gasteiger partial charge in [-0.25, -0.2) is 0 Å². The van der Waals surface area contributed by atoms with E-state index in [1.54, 1.807) is 28.4 Å². The maximum absolute atomic E-state index is 12.7. The average molecular weight is 523 g/mol. The molecule has 0 radical (unpaired) electrons. The zero-order chi connectivity index (χ0) is 27.1. The van der Waals surface area contributed by atoms with Crippen LogP contribution in [0.3, 0.4) is 0 Å². The highest BCUT2D eigenvalue weighted by Gasteiger charge is 2.69. The number of aliphatic imine (C=N–C) groups is 1. The molecule has 1 fully saturated rings. The molecule has 0 bridgehead atoms. The molecule has 0 aromatic heterocycles. The molecular formula is C30H38N2O6. The Morgan fingerprint density at radius 2 is 1.84 bits per heavy atom. The zero-order valence-corrected chi connectivity index (χ0v) is 22.9. The molecule has 3 aliphatic rings. The van der Waals surface area contributed by atoms with E-state index in [4.69, 9.17) is 23.9 Å². The lowest BCUT2D eigenvalue weighted by atomic mass is 9.55. The van der Waals surface area contributed by atoms with Crippen LogP contribution in [0.4, 0.5) is 0 Å². The molecule has 8 heteroatoms. The average Bonchev–Trinajstić information content (AvgIpc) is 2.95. The summed E-state index contributed by atoms with van der Waals surface area (Å²) in [7, 11) is 6.56. The molecule has 1 N–H and O–H groups in total. The third-order valence-corrected chi connectivity index (χ3v) is 9.03. The number of hydrogen-bond donors (Lipinski definition) is 1. The molecule has 5 atom stereocenters. The SMILES string of the molecule is CCN1CCc2cc(OC)c(OC)cc2C1C1(OC)C(OC)C(C(=O)O)CCC12N=CCc1ccccc12. The first-order chi connectivity index (χ1) is 18.4. The maximum atomic E-state index is 12.7. The van der Waals surface area contributed by atoms with Gasteiger partial charge in [-0.3, -0.25) is 14.7 Å². The molecule has 0 amide bonds. The number of nitrogens with zero attached hydrogens (tertiary/aromatic N) is 2. The highest BCUT2D eigenvalue weighted by molar-refractivity contribution is 5.73. The molecule has 0 saturated heterocycles. The van der Waals surface area contributed by atoms with Crippen LogP contribution in [-0.2, 0) is 32.6 Å². The van der Waals surface area contributed by atoms with E-state index in [0.29, 0.717) is 24.3 Å². The van der Waals surface area contributed by atoms with Crippen LogP contribution in [0.5, 0.6) is 11.5 Å². The van der Waals surface area contributed by atoms with E-state index in [-0.39, 0.29) is 6.04 Å². The Morgan fingerprint density at radius 3 is 2.50 bits per heavy atom. The Balaban J connectivity index is 1.86. The number of likely N-dealkylation sites (N-methyl/N-ethyl adjacent to an activating group) is 1. The van der Waals surface area contributed by atoms with E-state index in [0.717, 1.165) is 42.6 Å². The summed E-state index contributed by atoms with van der Waals surface area (Å²) in [5.74, 6) is -0.333.